The van der Waals surface area contributed by atoms with Crippen LogP contribution in [0, 0.1) is 0 Å². The fourth-order valence-corrected chi connectivity index (χ4v) is 3.28. The van der Waals surface area contributed by atoms with E-state index in [0.29, 0.717) is 19.2 Å². The minimum atomic E-state index is -1.70. The zero-order valence-electron chi connectivity index (χ0n) is 14.9. The average molecular weight is 441 g/mol. The first-order valence-electron chi connectivity index (χ1n) is 8.59. The monoisotopic (exact) mass is 440 g/mol. The standard InChI is InChI=1S/C20H16Cl2F2N2O3/c21-14-5-1-3-12(7-14)16(23)10-25-18(27)9-19(28)26(20(25)29)11-17(24)13-4-2-6-15(22)8-13/h1-9,16-17,27H,10-11H2/t16-,17-/m0/s1. The van der Waals surface area contributed by atoms with E-state index in [2.05, 4.69) is 0 Å². The molecule has 1 aromatic heterocycles. The number of halogens is 4. The Morgan fingerprint density at radius 2 is 1.31 bits per heavy atom. The summed E-state index contributed by atoms with van der Waals surface area (Å²) < 4.78 is 30.6. The van der Waals surface area contributed by atoms with Crippen molar-refractivity contribution in [2.75, 3.05) is 0 Å². The zero-order chi connectivity index (χ0) is 21.1. The van der Waals surface area contributed by atoms with Crippen molar-refractivity contribution < 1.29 is 13.9 Å². The van der Waals surface area contributed by atoms with Crippen LogP contribution in [0.15, 0.2) is 64.2 Å². The SMILES string of the molecule is O=c1cc(O)n(C[C@H](F)c2cccc(Cl)c2)c(=O)n1C[C@H](F)c1cccc(Cl)c1. The van der Waals surface area contributed by atoms with Crippen LogP contribution in [0.3, 0.4) is 0 Å². The van der Waals surface area contributed by atoms with Crippen molar-refractivity contribution in [2.24, 2.45) is 0 Å². The van der Waals surface area contributed by atoms with Gasteiger partial charge >= 0.3 is 5.69 Å². The predicted octanol–water partition coefficient (Wildman–Crippen LogP) is 4.44. The molecule has 1 heterocycles. The largest absolute Gasteiger partial charge is 0.494 e. The molecule has 0 saturated heterocycles. The van der Waals surface area contributed by atoms with Crippen molar-refractivity contribution in [3.63, 3.8) is 0 Å². The van der Waals surface area contributed by atoms with Gasteiger partial charge in [-0.15, -0.1) is 0 Å². The number of aromatic nitrogens is 2. The maximum atomic E-state index is 14.7. The number of aromatic hydroxyl groups is 1. The van der Waals surface area contributed by atoms with Crippen LogP contribution in [-0.2, 0) is 13.1 Å². The van der Waals surface area contributed by atoms with E-state index in [1.807, 2.05) is 0 Å². The van der Waals surface area contributed by atoms with Crippen LogP contribution in [0.25, 0.3) is 0 Å². The first kappa shape index (κ1) is 21.1. The molecule has 29 heavy (non-hydrogen) atoms. The number of benzene rings is 2. The van der Waals surface area contributed by atoms with E-state index < -0.39 is 42.6 Å². The summed E-state index contributed by atoms with van der Waals surface area (Å²) in [5.41, 5.74) is -1.54. The highest BCUT2D eigenvalue weighted by Gasteiger charge is 2.20. The van der Waals surface area contributed by atoms with Crippen molar-refractivity contribution in [1.29, 1.82) is 0 Å². The van der Waals surface area contributed by atoms with E-state index in [1.54, 1.807) is 24.3 Å². The van der Waals surface area contributed by atoms with Crippen molar-refractivity contribution >= 4 is 23.2 Å². The lowest BCUT2D eigenvalue weighted by atomic mass is 10.1. The highest BCUT2D eigenvalue weighted by atomic mass is 35.5. The van der Waals surface area contributed by atoms with Gasteiger partial charge in [-0.05, 0) is 35.4 Å². The fraction of sp³-hybridized carbons (Fsp3) is 0.200. The molecule has 1 N–H and O–H groups in total. The number of hydrogen-bond donors (Lipinski definition) is 1. The summed E-state index contributed by atoms with van der Waals surface area (Å²) in [6.45, 7) is -1.17. The Morgan fingerprint density at radius 3 is 1.79 bits per heavy atom. The van der Waals surface area contributed by atoms with E-state index in [-0.39, 0.29) is 11.1 Å². The van der Waals surface area contributed by atoms with Gasteiger partial charge in [0.05, 0.1) is 19.2 Å². The van der Waals surface area contributed by atoms with Gasteiger partial charge in [0, 0.05) is 10.0 Å². The Balaban J connectivity index is 1.92. The Labute approximate surface area is 174 Å². The summed E-state index contributed by atoms with van der Waals surface area (Å²) in [6, 6.07) is 12.7. The van der Waals surface area contributed by atoms with Crippen LogP contribution < -0.4 is 11.2 Å². The average Bonchev–Trinajstić information content (AvgIpc) is 2.68. The second kappa shape index (κ2) is 8.80. The molecule has 3 aromatic rings. The molecular weight excluding hydrogens is 425 g/mol. The highest BCUT2D eigenvalue weighted by molar-refractivity contribution is 6.30. The number of rotatable bonds is 6. The van der Waals surface area contributed by atoms with Crippen LogP contribution in [0.4, 0.5) is 8.78 Å². The summed E-state index contributed by atoms with van der Waals surface area (Å²) in [4.78, 5) is 24.8. The second-order valence-electron chi connectivity index (χ2n) is 6.39. The normalized spacial score (nSPS) is 13.2. The van der Waals surface area contributed by atoms with Crippen molar-refractivity contribution in [2.45, 2.75) is 25.4 Å². The molecule has 152 valence electrons. The Morgan fingerprint density at radius 1 is 0.828 bits per heavy atom. The highest BCUT2D eigenvalue weighted by Crippen LogP contribution is 2.24. The van der Waals surface area contributed by atoms with Gasteiger partial charge in [-0.3, -0.25) is 13.9 Å². The van der Waals surface area contributed by atoms with E-state index in [4.69, 9.17) is 23.2 Å². The van der Waals surface area contributed by atoms with E-state index >= 15 is 0 Å². The van der Waals surface area contributed by atoms with Gasteiger partial charge in [-0.2, -0.15) is 0 Å². The van der Waals surface area contributed by atoms with Gasteiger partial charge in [0.25, 0.3) is 5.56 Å². The molecule has 0 aliphatic heterocycles. The van der Waals surface area contributed by atoms with Crippen molar-refractivity contribution in [3.05, 3.63) is 96.6 Å². The Hall–Kier alpha value is -2.64. The van der Waals surface area contributed by atoms with E-state index in [1.165, 1.54) is 24.3 Å². The van der Waals surface area contributed by atoms with Gasteiger partial charge in [0.2, 0.25) is 5.88 Å². The summed E-state index contributed by atoms with van der Waals surface area (Å²) in [7, 11) is 0. The first-order chi connectivity index (χ1) is 13.8. The summed E-state index contributed by atoms with van der Waals surface area (Å²) in [5.74, 6) is -0.709. The molecule has 5 nitrogen and oxygen atoms in total. The number of hydrogen-bond acceptors (Lipinski definition) is 3. The molecule has 0 saturated carbocycles. The maximum Gasteiger partial charge on any atom is 0.333 e. The third-order valence-electron chi connectivity index (χ3n) is 4.36. The molecule has 2 atom stereocenters. The van der Waals surface area contributed by atoms with Crippen LogP contribution in [-0.4, -0.2) is 14.2 Å². The lowest BCUT2D eigenvalue weighted by Gasteiger charge is -2.16. The molecule has 0 bridgehead atoms. The molecule has 0 unspecified atom stereocenters. The van der Waals surface area contributed by atoms with Crippen LogP contribution in [0.2, 0.25) is 10.0 Å². The third kappa shape index (κ3) is 4.86. The lowest BCUT2D eigenvalue weighted by molar-refractivity contribution is 0.261. The smallest absolute Gasteiger partial charge is 0.333 e. The van der Waals surface area contributed by atoms with Gasteiger partial charge < -0.3 is 5.11 Å². The molecule has 0 radical (unpaired) electrons. The molecule has 0 spiro atoms. The topological polar surface area (TPSA) is 64.2 Å². The molecule has 0 aliphatic carbocycles. The minimum Gasteiger partial charge on any atom is -0.494 e. The molecular formula is C20H16Cl2F2N2O3. The Kier molecular flexibility index (Phi) is 6.39. The molecule has 0 aliphatic rings. The molecule has 0 amide bonds. The van der Waals surface area contributed by atoms with Crippen LogP contribution in [0.1, 0.15) is 23.5 Å². The Bertz CT molecular complexity index is 1150. The first-order valence-corrected chi connectivity index (χ1v) is 9.34. The van der Waals surface area contributed by atoms with Crippen LogP contribution >= 0.6 is 23.2 Å². The van der Waals surface area contributed by atoms with Crippen molar-refractivity contribution in [3.8, 4) is 5.88 Å². The molecule has 2 aromatic carbocycles. The molecule has 0 fully saturated rings. The zero-order valence-corrected chi connectivity index (χ0v) is 16.4. The van der Waals surface area contributed by atoms with Gasteiger partial charge in [0.15, 0.2) is 0 Å². The van der Waals surface area contributed by atoms with Crippen LogP contribution in [0.5, 0.6) is 5.88 Å². The number of alkyl halides is 2. The molecule has 9 heteroatoms. The summed E-state index contributed by atoms with van der Waals surface area (Å²) in [5, 5.41) is 10.6. The maximum absolute atomic E-state index is 14.7. The fourth-order valence-electron chi connectivity index (χ4n) is 2.88. The number of nitrogens with zero attached hydrogens (tertiary/aromatic N) is 2. The quantitative estimate of drug-likeness (QED) is 0.615. The second-order valence-corrected chi connectivity index (χ2v) is 7.26. The minimum absolute atomic E-state index is 0.186. The summed E-state index contributed by atoms with van der Waals surface area (Å²) >= 11 is 11.7. The lowest BCUT2D eigenvalue weighted by Crippen LogP contribution is -2.40. The van der Waals surface area contributed by atoms with Gasteiger partial charge in [-0.1, -0.05) is 47.5 Å². The summed E-state index contributed by atoms with van der Waals surface area (Å²) in [6.07, 6.45) is -3.39. The van der Waals surface area contributed by atoms with Gasteiger partial charge in [0.1, 0.15) is 12.3 Å². The van der Waals surface area contributed by atoms with E-state index in [0.717, 1.165) is 6.07 Å². The predicted molar refractivity (Wildman–Crippen MR) is 107 cm³/mol. The van der Waals surface area contributed by atoms with Crippen molar-refractivity contribution in [1.82, 2.24) is 9.13 Å². The van der Waals surface area contributed by atoms with Gasteiger partial charge in [-0.25, -0.2) is 13.6 Å². The molecule has 3 rings (SSSR count). The third-order valence-corrected chi connectivity index (χ3v) is 4.83. The van der Waals surface area contributed by atoms with E-state index in [9.17, 15) is 23.5 Å².